The minimum Gasteiger partial charge on any atom is -0.309 e. The first-order chi connectivity index (χ1) is 23.2. The van der Waals surface area contributed by atoms with E-state index in [1.54, 1.807) is 0 Å². The SMILES string of the molecule is C[SiH](C)C[Si](C)(CC[Si](C)(C[SiH](C)C)C[Si](C)(C)CC[Si](C)(C)CCCN(C(=O)C(F)(C(F)(F)F)C(F)(F)C(F)(F)F)c1ccccc1)C[SiH](C)C. The second-order valence-corrected chi connectivity index (χ2v) is 52.1. The van der Waals surface area contributed by atoms with Gasteiger partial charge in [0, 0.05) is 70.9 Å². The average Bonchev–Trinajstić information content (AvgIpc) is 2.94. The predicted molar refractivity (Wildman–Crippen MR) is 222 cm³/mol. The fourth-order valence-corrected chi connectivity index (χ4v) is 61.1. The maximum atomic E-state index is 15.3. The van der Waals surface area contributed by atoms with Crippen LogP contribution in [0.3, 0.4) is 0 Å². The summed E-state index contributed by atoms with van der Waals surface area (Å²) in [7, 11) is -8.65. The molecule has 0 N–H and O–H groups in total. The summed E-state index contributed by atoms with van der Waals surface area (Å²) >= 11 is 0. The van der Waals surface area contributed by atoms with E-state index < -0.39 is 95.1 Å². The van der Waals surface area contributed by atoms with Crippen LogP contribution in [0.25, 0.3) is 0 Å². The maximum absolute atomic E-state index is 15.3. The van der Waals surface area contributed by atoms with E-state index in [2.05, 4.69) is 78.6 Å². The number of alkyl halides is 9. The first-order valence-electron chi connectivity index (χ1n) is 18.8. The third-order valence-corrected chi connectivity index (χ3v) is 48.1. The van der Waals surface area contributed by atoms with Crippen LogP contribution in [0, 0.1) is 0 Å². The first kappa shape index (κ1) is 49.6. The lowest BCUT2D eigenvalue weighted by Gasteiger charge is -2.40. The Hall–Kier alpha value is -0.422. The number of carbonyl (C=O) groups excluding carboxylic acids is 1. The average molecular weight is 872 g/mol. The van der Waals surface area contributed by atoms with Gasteiger partial charge in [0.25, 0.3) is 5.91 Å². The van der Waals surface area contributed by atoms with E-state index in [1.165, 1.54) is 53.0 Å². The Morgan fingerprint density at radius 1 is 0.596 bits per heavy atom. The number of hydrogen-bond acceptors (Lipinski definition) is 1. The highest BCUT2D eigenvalue weighted by Gasteiger charge is 2.85. The third-order valence-electron chi connectivity index (χ3n) is 10.4. The number of rotatable bonds is 21. The van der Waals surface area contributed by atoms with Crippen LogP contribution >= 0.6 is 0 Å². The molecule has 1 rings (SSSR count). The molecule has 0 aliphatic heterocycles. The summed E-state index contributed by atoms with van der Waals surface area (Å²) in [5, 5.41) is 0. The number of carbonyl (C=O) groups is 1. The van der Waals surface area contributed by atoms with E-state index in [0.29, 0.717) is 6.04 Å². The maximum Gasteiger partial charge on any atom is 0.457 e. The molecule has 2 atom stereocenters. The van der Waals surface area contributed by atoms with Gasteiger partial charge in [-0.2, -0.15) is 35.1 Å². The molecule has 2 unspecified atom stereocenters. The minimum absolute atomic E-state index is 0.0420. The number of para-hydroxylation sites is 1. The number of benzene rings is 1. The van der Waals surface area contributed by atoms with Crippen LogP contribution in [0.5, 0.6) is 0 Å². The van der Waals surface area contributed by atoms with Gasteiger partial charge in [0.15, 0.2) is 0 Å². The molecule has 0 saturated heterocycles. The van der Waals surface area contributed by atoms with Crippen molar-refractivity contribution in [1.29, 1.82) is 0 Å². The standard InChI is InChI=1S/C34H66F9NOSi7/c1-46(2)25-51(11,26-47(3)4)23-24-52(12,27-48(5)6)28-50(9,10)22-21-49(7,8)20-16-19-44(29-17-14-13-15-18-29)30(45)31(35,33(38,39)40)32(36,37)34(41,42)43/h13-15,17-18,46-48H,16,19-28H2,1-12H3. The molecule has 0 aromatic heterocycles. The normalized spacial score (nSPS) is 16.4. The highest BCUT2D eigenvalue weighted by Crippen LogP contribution is 2.54. The van der Waals surface area contributed by atoms with Crippen LogP contribution in [0.2, 0.25) is 131 Å². The molecule has 18 heteroatoms. The van der Waals surface area contributed by atoms with Gasteiger partial charge in [-0.05, 0) is 18.6 Å². The molecule has 1 aromatic rings. The Morgan fingerprint density at radius 2 is 1.02 bits per heavy atom. The summed E-state index contributed by atoms with van der Waals surface area (Å²) in [6.07, 6.45) is -13.7. The van der Waals surface area contributed by atoms with Gasteiger partial charge in [0.1, 0.15) is 0 Å². The predicted octanol–water partition coefficient (Wildman–Crippen LogP) is 12.1. The number of amides is 1. The van der Waals surface area contributed by atoms with Crippen LogP contribution in [0.15, 0.2) is 30.3 Å². The number of anilines is 1. The highest BCUT2D eigenvalue weighted by molar-refractivity contribution is 7.01. The molecule has 52 heavy (non-hydrogen) atoms. The van der Waals surface area contributed by atoms with Crippen LogP contribution in [0.4, 0.5) is 45.2 Å². The van der Waals surface area contributed by atoms with E-state index in [1.807, 2.05) is 0 Å². The molecule has 0 heterocycles. The molecule has 1 aromatic carbocycles. The van der Waals surface area contributed by atoms with Crippen molar-refractivity contribution in [2.45, 2.75) is 162 Å². The molecular formula is C34H66F9NOSi7. The van der Waals surface area contributed by atoms with E-state index in [-0.39, 0.29) is 17.0 Å². The van der Waals surface area contributed by atoms with Gasteiger partial charge in [-0.25, -0.2) is 4.39 Å². The van der Waals surface area contributed by atoms with Gasteiger partial charge in [0.2, 0.25) is 0 Å². The van der Waals surface area contributed by atoms with Crippen molar-refractivity contribution in [2.24, 2.45) is 0 Å². The van der Waals surface area contributed by atoms with Crippen LogP contribution < -0.4 is 4.90 Å². The first-order valence-corrected chi connectivity index (χ1v) is 41.3. The summed E-state index contributed by atoms with van der Waals surface area (Å²) in [5.41, 5.74) is -1.02. The van der Waals surface area contributed by atoms with E-state index >= 15 is 4.39 Å². The number of halogens is 9. The van der Waals surface area contributed by atoms with E-state index in [4.69, 9.17) is 0 Å². The zero-order chi connectivity index (χ0) is 40.8. The molecule has 0 bridgehead atoms. The topological polar surface area (TPSA) is 20.3 Å². The molecular weight excluding hydrogens is 806 g/mol. The Labute approximate surface area is 317 Å². The van der Waals surface area contributed by atoms with Gasteiger partial charge < -0.3 is 4.90 Å². The van der Waals surface area contributed by atoms with Crippen molar-refractivity contribution in [2.75, 3.05) is 11.4 Å². The highest BCUT2D eigenvalue weighted by atomic mass is 28.4. The molecule has 0 fully saturated rings. The second kappa shape index (κ2) is 18.7. The molecule has 2 nitrogen and oxygen atoms in total. The van der Waals surface area contributed by atoms with Gasteiger partial charge in [-0.3, -0.25) is 4.79 Å². The second-order valence-electron chi connectivity index (χ2n) is 19.0. The fraction of sp³-hybridized carbons (Fsp3) is 0.794. The molecule has 0 saturated carbocycles. The largest absolute Gasteiger partial charge is 0.457 e. The molecule has 304 valence electrons. The van der Waals surface area contributed by atoms with Crippen molar-refractivity contribution in [3.63, 3.8) is 0 Å². The number of nitrogens with zero attached hydrogens (tertiary/aromatic N) is 1. The molecule has 0 spiro atoms. The Morgan fingerprint density at radius 3 is 1.44 bits per heavy atom. The van der Waals surface area contributed by atoms with Crippen molar-refractivity contribution >= 4 is 70.3 Å². The van der Waals surface area contributed by atoms with Gasteiger partial charge in [-0.1, -0.05) is 150 Å². The van der Waals surface area contributed by atoms with Gasteiger partial charge >= 0.3 is 23.9 Å². The molecule has 0 aliphatic carbocycles. The summed E-state index contributed by atoms with van der Waals surface area (Å²) in [4.78, 5) is 13.1. The fourth-order valence-electron chi connectivity index (χ4n) is 8.64. The smallest absolute Gasteiger partial charge is 0.309 e. The summed E-state index contributed by atoms with van der Waals surface area (Å²) in [6.45, 7) is 28.8. The lowest BCUT2D eigenvalue weighted by molar-refractivity contribution is -0.370. The molecule has 0 aliphatic rings. The van der Waals surface area contributed by atoms with Crippen LogP contribution in [-0.2, 0) is 4.79 Å². The van der Waals surface area contributed by atoms with Crippen molar-refractivity contribution in [1.82, 2.24) is 0 Å². The van der Waals surface area contributed by atoms with Crippen molar-refractivity contribution in [3.05, 3.63) is 30.3 Å². The number of hydrogen-bond donors (Lipinski definition) is 0. The summed E-state index contributed by atoms with van der Waals surface area (Å²) < 4.78 is 125. The lowest BCUT2D eigenvalue weighted by Crippen LogP contribution is -2.69. The van der Waals surface area contributed by atoms with Crippen LogP contribution in [0.1, 0.15) is 6.42 Å². The lowest BCUT2D eigenvalue weighted by atomic mass is 9.93. The zero-order valence-electron chi connectivity index (χ0n) is 33.7. The quantitative estimate of drug-likeness (QED) is 0.0890. The van der Waals surface area contributed by atoms with Crippen LogP contribution in [-0.4, -0.2) is 95.1 Å². The Bertz CT molecular complexity index is 1250. The molecule has 0 radical (unpaired) electrons. The van der Waals surface area contributed by atoms with Crippen molar-refractivity contribution in [3.8, 4) is 0 Å². The van der Waals surface area contributed by atoms with E-state index in [9.17, 15) is 39.9 Å². The third kappa shape index (κ3) is 14.3. The minimum atomic E-state index is -7.00. The Kier molecular flexibility index (Phi) is 17.8. The van der Waals surface area contributed by atoms with Gasteiger partial charge in [0.05, 0.1) is 0 Å². The Balaban J connectivity index is 3.19. The summed E-state index contributed by atoms with van der Waals surface area (Å²) in [6, 6.07) is 11.6. The van der Waals surface area contributed by atoms with Crippen molar-refractivity contribution < 1.29 is 44.3 Å². The molecule has 1 amide bonds. The van der Waals surface area contributed by atoms with E-state index in [0.717, 1.165) is 24.2 Å². The summed E-state index contributed by atoms with van der Waals surface area (Å²) in [5.74, 6) is -9.97. The monoisotopic (exact) mass is 871 g/mol. The van der Waals surface area contributed by atoms with Gasteiger partial charge in [-0.15, -0.1) is 0 Å². The zero-order valence-corrected chi connectivity index (χ0v) is 41.1.